The lowest BCUT2D eigenvalue weighted by molar-refractivity contribution is -0.0355. The Morgan fingerprint density at radius 1 is 1.31 bits per heavy atom. The van der Waals surface area contributed by atoms with Crippen LogP contribution >= 0.6 is 11.6 Å². The fourth-order valence-corrected chi connectivity index (χ4v) is 2.68. The van der Waals surface area contributed by atoms with E-state index in [1.807, 2.05) is 0 Å². The summed E-state index contributed by atoms with van der Waals surface area (Å²) >= 11 is 5.74. The number of nitrogens with one attached hydrogen (secondary N) is 1. The predicted octanol–water partition coefficient (Wildman–Crippen LogP) is 0.927. The van der Waals surface area contributed by atoms with Crippen molar-refractivity contribution in [3.8, 4) is 0 Å². The normalized spacial score (nSPS) is 25.3. The van der Waals surface area contributed by atoms with E-state index in [4.69, 9.17) is 16.3 Å². The second kappa shape index (κ2) is 7.12. The Bertz CT molecular complexity index is 888. The predicted molar refractivity (Wildman–Crippen MR) is 89.5 cm³/mol. The molecule has 0 aliphatic carbocycles. The maximum atomic E-state index is 14.3. The molecule has 0 radical (unpaired) electrons. The van der Waals surface area contributed by atoms with Crippen molar-refractivity contribution in [2.75, 3.05) is 5.32 Å². The van der Waals surface area contributed by atoms with E-state index in [9.17, 15) is 24.2 Å². The molecule has 3 rings (SSSR count). The van der Waals surface area contributed by atoms with E-state index in [0.717, 1.165) is 10.8 Å². The summed E-state index contributed by atoms with van der Waals surface area (Å²) < 4.78 is 20.3. The largest absolute Gasteiger partial charge is 0.388 e. The van der Waals surface area contributed by atoms with Crippen molar-refractivity contribution in [3.63, 3.8) is 0 Å². The van der Waals surface area contributed by atoms with E-state index in [1.165, 1.54) is 31.2 Å². The van der Waals surface area contributed by atoms with Crippen molar-refractivity contribution in [2.45, 2.75) is 31.5 Å². The lowest BCUT2D eigenvalue weighted by atomic mass is 10.1. The quantitative estimate of drug-likeness (QED) is 0.726. The Labute approximate surface area is 151 Å². The fourth-order valence-electron chi connectivity index (χ4n) is 2.55. The summed E-state index contributed by atoms with van der Waals surface area (Å²) in [7, 11) is 0. The van der Waals surface area contributed by atoms with E-state index in [1.54, 1.807) is 0 Å². The van der Waals surface area contributed by atoms with Crippen molar-refractivity contribution < 1.29 is 24.1 Å². The Balaban J connectivity index is 1.85. The molecular weight excluding hydrogens is 369 g/mol. The van der Waals surface area contributed by atoms with Crippen LogP contribution in [-0.4, -0.2) is 44.0 Å². The van der Waals surface area contributed by atoms with Gasteiger partial charge in [0, 0.05) is 10.6 Å². The van der Waals surface area contributed by atoms with Crippen LogP contribution in [0, 0.1) is 5.82 Å². The molecular formula is C16H15ClFN3O5. The van der Waals surface area contributed by atoms with Crippen LogP contribution in [-0.2, 0) is 4.74 Å². The number of ether oxygens (including phenoxy) is 1. The van der Waals surface area contributed by atoms with Crippen LogP contribution in [0.3, 0.4) is 0 Å². The molecule has 1 aliphatic heterocycles. The maximum Gasteiger partial charge on any atom is 0.351 e. The lowest BCUT2D eigenvalue weighted by Gasteiger charge is -2.17. The molecule has 3 N–H and O–H groups in total. The van der Waals surface area contributed by atoms with Crippen LogP contribution in [0.25, 0.3) is 0 Å². The zero-order chi connectivity index (χ0) is 19.0. The average Bonchev–Trinajstić information content (AvgIpc) is 2.85. The molecule has 26 heavy (non-hydrogen) atoms. The summed E-state index contributed by atoms with van der Waals surface area (Å²) in [6.07, 6.45) is -3.91. The van der Waals surface area contributed by atoms with Gasteiger partial charge in [-0.25, -0.2) is 9.18 Å². The Hall–Kier alpha value is -2.33. The van der Waals surface area contributed by atoms with Crippen molar-refractivity contribution in [3.05, 3.63) is 57.3 Å². The molecule has 1 aromatic carbocycles. The molecule has 1 amide bonds. The van der Waals surface area contributed by atoms with Gasteiger partial charge in [-0.3, -0.25) is 9.36 Å². The molecule has 1 aliphatic rings. The third kappa shape index (κ3) is 3.47. The maximum absolute atomic E-state index is 14.3. The molecule has 8 nitrogen and oxygen atoms in total. The number of aromatic nitrogens is 2. The molecule has 10 heteroatoms. The van der Waals surface area contributed by atoms with Gasteiger partial charge in [-0.1, -0.05) is 11.6 Å². The summed E-state index contributed by atoms with van der Waals surface area (Å²) in [4.78, 5) is 27.7. The second-order valence-corrected chi connectivity index (χ2v) is 6.24. The van der Waals surface area contributed by atoms with Crippen LogP contribution in [0.2, 0.25) is 5.02 Å². The molecule has 1 fully saturated rings. The number of carbonyl (C=O) groups excluding carboxylic acids is 1. The highest BCUT2D eigenvalue weighted by molar-refractivity contribution is 6.30. The van der Waals surface area contributed by atoms with Crippen molar-refractivity contribution >= 4 is 23.3 Å². The Kier molecular flexibility index (Phi) is 5.05. The smallest absolute Gasteiger partial charge is 0.351 e. The minimum absolute atomic E-state index is 0.200. The highest BCUT2D eigenvalue weighted by Gasteiger charge is 2.42. The van der Waals surface area contributed by atoms with Crippen LogP contribution in [0.15, 0.2) is 35.3 Å². The first kappa shape index (κ1) is 18.5. The van der Waals surface area contributed by atoms with Gasteiger partial charge in [0.25, 0.3) is 5.91 Å². The summed E-state index contributed by atoms with van der Waals surface area (Å²) in [6, 6.07) is 5.84. The van der Waals surface area contributed by atoms with Gasteiger partial charge in [0.2, 0.25) is 0 Å². The van der Waals surface area contributed by atoms with Crippen molar-refractivity contribution in [2.24, 2.45) is 0 Å². The molecule has 2 aromatic rings. The number of aliphatic hydroxyl groups is 2. The summed E-state index contributed by atoms with van der Waals surface area (Å²) in [6.45, 7) is 1.50. The van der Waals surface area contributed by atoms with Gasteiger partial charge < -0.3 is 20.3 Å². The number of aliphatic hydroxyl groups excluding tert-OH is 2. The highest BCUT2D eigenvalue weighted by Crippen LogP contribution is 2.28. The number of carbonyl (C=O) groups is 1. The summed E-state index contributed by atoms with van der Waals surface area (Å²) in [5.74, 6) is -2.24. The van der Waals surface area contributed by atoms with E-state index in [-0.39, 0.29) is 5.56 Å². The topological polar surface area (TPSA) is 114 Å². The number of rotatable bonds is 3. The number of benzene rings is 1. The van der Waals surface area contributed by atoms with E-state index >= 15 is 0 Å². The first-order valence-electron chi connectivity index (χ1n) is 7.65. The zero-order valence-corrected chi connectivity index (χ0v) is 14.2. The van der Waals surface area contributed by atoms with Gasteiger partial charge in [-0.2, -0.15) is 4.98 Å². The van der Waals surface area contributed by atoms with E-state index < -0.39 is 47.8 Å². The molecule has 1 aromatic heterocycles. The molecule has 0 bridgehead atoms. The molecule has 2 heterocycles. The van der Waals surface area contributed by atoms with Gasteiger partial charge in [0.1, 0.15) is 12.2 Å². The Morgan fingerprint density at radius 3 is 2.54 bits per heavy atom. The lowest BCUT2D eigenvalue weighted by Crippen LogP contribution is -2.36. The van der Waals surface area contributed by atoms with E-state index in [2.05, 4.69) is 10.3 Å². The van der Waals surface area contributed by atoms with Crippen molar-refractivity contribution in [1.82, 2.24) is 9.55 Å². The first-order valence-corrected chi connectivity index (χ1v) is 8.03. The summed E-state index contributed by atoms with van der Waals surface area (Å²) in [5, 5.41) is 22.3. The van der Waals surface area contributed by atoms with Crippen LogP contribution in [0.5, 0.6) is 0 Å². The van der Waals surface area contributed by atoms with Gasteiger partial charge in [-0.15, -0.1) is 0 Å². The van der Waals surface area contributed by atoms with Gasteiger partial charge in [0.05, 0.1) is 12.3 Å². The molecule has 4 atom stereocenters. The number of amides is 1. The van der Waals surface area contributed by atoms with Gasteiger partial charge >= 0.3 is 5.69 Å². The molecule has 0 spiro atoms. The van der Waals surface area contributed by atoms with Crippen molar-refractivity contribution in [1.29, 1.82) is 0 Å². The first-order chi connectivity index (χ1) is 12.3. The molecule has 138 valence electrons. The van der Waals surface area contributed by atoms with Gasteiger partial charge in [0.15, 0.2) is 17.9 Å². The SMILES string of the molecule is C[C@H]1O[C@@H](n2cc(F)c(NC(=O)c3ccc(Cl)cc3)nc2=O)C(O)C1O. The summed E-state index contributed by atoms with van der Waals surface area (Å²) in [5.41, 5.74) is -0.755. The standard InChI is InChI=1S/C16H15ClFN3O5/c1-7-11(22)12(23)15(26-7)21-6-10(18)13(20-16(21)25)19-14(24)8-2-4-9(17)5-3-8/h2-7,11-12,15,22-23H,1H3,(H,19,20,24,25)/t7-,11?,12?,15-/m1/s1. The fraction of sp³-hybridized carbons (Fsp3) is 0.312. The van der Waals surface area contributed by atoms with Gasteiger partial charge in [-0.05, 0) is 31.2 Å². The minimum atomic E-state index is -1.42. The van der Waals surface area contributed by atoms with Crippen LogP contribution in [0.1, 0.15) is 23.5 Å². The third-order valence-electron chi connectivity index (χ3n) is 4.00. The number of halogens is 2. The monoisotopic (exact) mass is 383 g/mol. The van der Waals surface area contributed by atoms with Crippen LogP contribution < -0.4 is 11.0 Å². The number of nitrogens with zero attached hydrogens (tertiary/aromatic N) is 2. The number of hydrogen-bond acceptors (Lipinski definition) is 6. The van der Waals surface area contributed by atoms with Crippen LogP contribution in [0.4, 0.5) is 10.2 Å². The highest BCUT2D eigenvalue weighted by atomic mass is 35.5. The average molecular weight is 384 g/mol. The van der Waals surface area contributed by atoms with E-state index in [0.29, 0.717) is 5.02 Å². The number of hydrogen-bond donors (Lipinski definition) is 3. The minimum Gasteiger partial charge on any atom is -0.388 e. The zero-order valence-electron chi connectivity index (χ0n) is 13.5. The molecule has 0 saturated carbocycles. The third-order valence-corrected chi connectivity index (χ3v) is 4.25. The Morgan fingerprint density at radius 2 is 1.96 bits per heavy atom. The number of anilines is 1. The second-order valence-electron chi connectivity index (χ2n) is 5.80. The molecule has 2 unspecified atom stereocenters. The molecule has 1 saturated heterocycles.